The predicted octanol–water partition coefficient (Wildman–Crippen LogP) is 5.91. The van der Waals surface area contributed by atoms with E-state index in [9.17, 15) is 9.59 Å². The van der Waals surface area contributed by atoms with Crippen LogP contribution in [0, 0.1) is 5.92 Å². The van der Waals surface area contributed by atoms with Crippen LogP contribution >= 0.6 is 11.3 Å². The number of hydrogen-bond donors (Lipinski definition) is 1. The van der Waals surface area contributed by atoms with Crippen molar-refractivity contribution in [1.82, 2.24) is 29.5 Å². The second-order valence-corrected chi connectivity index (χ2v) is 19.8. The highest BCUT2D eigenvalue weighted by Crippen LogP contribution is 2.37. The number of rotatable bonds is 9. The Kier molecular flexibility index (Phi) is 9.31. The van der Waals surface area contributed by atoms with Gasteiger partial charge in [-0.2, -0.15) is 5.10 Å². The van der Waals surface area contributed by atoms with Gasteiger partial charge in [0.15, 0.2) is 0 Å². The van der Waals surface area contributed by atoms with Crippen LogP contribution < -0.4 is 5.32 Å². The monoisotopic (exact) mass is 621 g/mol. The molecule has 1 N–H and O–H groups in total. The average molecular weight is 622 g/mol. The SMILES string of the molecule is CC(c1nc2cc([C@H]3CC[C@H](C)CN3C(=O)C(=O)Nc3cncc4cnn(COCC[Si](C)(C)C)c34)ccc2s1)N(C)C. The number of aromatic nitrogens is 4. The van der Waals surface area contributed by atoms with Gasteiger partial charge in [0.25, 0.3) is 0 Å². The first-order valence-electron chi connectivity index (χ1n) is 15.0. The van der Waals surface area contributed by atoms with E-state index >= 15 is 0 Å². The molecule has 12 heteroatoms. The quantitative estimate of drug-likeness (QED) is 0.141. The van der Waals surface area contributed by atoms with Gasteiger partial charge in [0.1, 0.15) is 11.7 Å². The molecule has 0 spiro atoms. The van der Waals surface area contributed by atoms with Crippen LogP contribution in [0.5, 0.6) is 0 Å². The molecule has 1 unspecified atom stereocenters. The molecule has 0 radical (unpaired) electrons. The van der Waals surface area contributed by atoms with Crippen molar-refractivity contribution in [3.05, 3.63) is 47.4 Å². The second kappa shape index (κ2) is 12.8. The van der Waals surface area contributed by atoms with Gasteiger partial charge < -0.3 is 19.9 Å². The number of ether oxygens (including phenoxy) is 1. The molecule has 5 rings (SSSR count). The van der Waals surface area contributed by atoms with Crippen molar-refractivity contribution < 1.29 is 14.3 Å². The zero-order valence-electron chi connectivity index (χ0n) is 26.3. The summed E-state index contributed by atoms with van der Waals surface area (Å²) < 4.78 is 8.75. The minimum atomic E-state index is -1.22. The minimum Gasteiger partial charge on any atom is -0.360 e. The first kappa shape index (κ1) is 31.2. The van der Waals surface area contributed by atoms with Crippen LogP contribution in [0.1, 0.15) is 49.3 Å². The van der Waals surface area contributed by atoms with Gasteiger partial charge in [0.2, 0.25) is 0 Å². The van der Waals surface area contributed by atoms with E-state index in [2.05, 4.69) is 72.0 Å². The number of fused-ring (bicyclic) bond motifs is 2. The van der Waals surface area contributed by atoms with Crippen molar-refractivity contribution in [2.75, 3.05) is 32.6 Å². The molecule has 10 nitrogen and oxygen atoms in total. The van der Waals surface area contributed by atoms with Gasteiger partial charge in [0, 0.05) is 32.8 Å². The Morgan fingerprint density at radius 3 is 2.72 bits per heavy atom. The van der Waals surface area contributed by atoms with E-state index in [4.69, 9.17) is 9.72 Å². The van der Waals surface area contributed by atoms with Crippen molar-refractivity contribution in [3.63, 3.8) is 0 Å². The summed E-state index contributed by atoms with van der Waals surface area (Å²) in [6.07, 6.45) is 6.72. The number of hydrogen-bond acceptors (Lipinski definition) is 8. The number of benzene rings is 1. The molecule has 230 valence electrons. The summed E-state index contributed by atoms with van der Waals surface area (Å²) in [7, 11) is 2.88. The lowest BCUT2D eigenvalue weighted by atomic mass is 9.89. The van der Waals surface area contributed by atoms with Gasteiger partial charge >= 0.3 is 11.8 Å². The maximum absolute atomic E-state index is 13.8. The van der Waals surface area contributed by atoms with E-state index < -0.39 is 19.9 Å². The molecular weight excluding hydrogens is 579 g/mol. The lowest BCUT2D eigenvalue weighted by Gasteiger charge is -2.38. The van der Waals surface area contributed by atoms with E-state index in [1.807, 2.05) is 14.1 Å². The molecule has 0 aliphatic carbocycles. The first-order chi connectivity index (χ1) is 20.4. The topological polar surface area (TPSA) is 105 Å². The lowest BCUT2D eigenvalue weighted by Crippen LogP contribution is -2.46. The lowest BCUT2D eigenvalue weighted by molar-refractivity contribution is -0.146. The summed E-state index contributed by atoms with van der Waals surface area (Å²) in [6, 6.07) is 7.32. The first-order valence-corrected chi connectivity index (χ1v) is 19.5. The Balaban J connectivity index is 1.35. The van der Waals surface area contributed by atoms with Gasteiger partial charge in [-0.25, -0.2) is 9.67 Å². The average Bonchev–Trinajstić information content (AvgIpc) is 3.58. The number of pyridine rings is 1. The normalized spacial score (nSPS) is 18.5. The number of carbonyl (C=O) groups excluding carboxylic acids is 2. The molecule has 0 bridgehead atoms. The molecule has 3 aromatic heterocycles. The van der Waals surface area contributed by atoms with Crippen LogP contribution in [-0.2, 0) is 21.1 Å². The van der Waals surface area contributed by atoms with E-state index in [0.29, 0.717) is 30.3 Å². The minimum absolute atomic E-state index is 0.200. The summed E-state index contributed by atoms with van der Waals surface area (Å²) in [6.45, 7) is 12.6. The standard InChI is InChI=1S/C31H43N7O3SSi/c1-20-8-10-26(22-9-11-27-24(14-22)35-30(42-27)21(2)36(3)4)37(18-20)31(40)29(39)34-25-17-32-15-23-16-33-38(28(23)25)19-41-12-13-43(5,6)7/h9,11,14-17,20-21,26H,8,10,12-13,18-19H2,1-7H3,(H,34,39)/t20-,21?,26+/m0/s1. The fraction of sp³-hybridized carbons (Fsp3) is 0.516. The summed E-state index contributed by atoms with van der Waals surface area (Å²) in [4.78, 5) is 40.3. The van der Waals surface area contributed by atoms with E-state index in [-0.39, 0.29) is 18.8 Å². The molecule has 1 aromatic carbocycles. The molecule has 4 heterocycles. The zero-order chi connectivity index (χ0) is 30.9. The number of nitrogens with zero attached hydrogens (tertiary/aromatic N) is 6. The highest BCUT2D eigenvalue weighted by atomic mass is 32.1. The maximum Gasteiger partial charge on any atom is 0.314 e. The third kappa shape index (κ3) is 7.14. The molecule has 1 aliphatic heterocycles. The molecule has 3 atom stereocenters. The van der Waals surface area contributed by atoms with Crippen LogP contribution in [0.3, 0.4) is 0 Å². The smallest absolute Gasteiger partial charge is 0.314 e. The molecule has 43 heavy (non-hydrogen) atoms. The number of carbonyl (C=O) groups is 2. The summed E-state index contributed by atoms with van der Waals surface area (Å²) in [5.74, 6) is -0.938. The third-order valence-electron chi connectivity index (χ3n) is 8.22. The van der Waals surface area contributed by atoms with Crippen molar-refractivity contribution in [2.24, 2.45) is 5.92 Å². The van der Waals surface area contributed by atoms with Gasteiger partial charge in [-0.3, -0.25) is 14.6 Å². The number of amides is 2. The van der Waals surface area contributed by atoms with Gasteiger partial charge in [-0.05, 0) is 63.5 Å². The van der Waals surface area contributed by atoms with E-state index in [0.717, 1.165) is 45.1 Å². The van der Waals surface area contributed by atoms with E-state index in [1.54, 1.807) is 39.5 Å². The number of thiazole rings is 1. The highest BCUT2D eigenvalue weighted by molar-refractivity contribution is 7.18. The van der Waals surface area contributed by atoms with Crippen molar-refractivity contribution in [3.8, 4) is 0 Å². The van der Waals surface area contributed by atoms with Crippen molar-refractivity contribution in [2.45, 2.75) is 71.2 Å². The van der Waals surface area contributed by atoms with E-state index in [1.165, 1.54) is 0 Å². The summed E-state index contributed by atoms with van der Waals surface area (Å²) in [5.41, 5.74) is 3.06. The van der Waals surface area contributed by atoms with Crippen molar-refractivity contribution in [1.29, 1.82) is 0 Å². The van der Waals surface area contributed by atoms with Gasteiger partial charge in [-0.15, -0.1) is 11.3 Å². The number of piperidine rings is 1. The Morgan fingerprint density at radius 2 is 1.98 bits per heavy atom. The van der Waals surface area contributed by atoms with Crippen LogP contribution in [0.2, 0.25) is 25.7 Å². The maximum atomic E-state index is 13.8. The molecule has 1 fully saturated rings. The van der Waals surface area contributed by atoms with Gasteiger partial charge in [0.05, 0.1) is 45.9 Å². The Morgan fingerprint density at radius 1 is 1.19 bits per heavy atom. The molecule has 1 saturated heterocycles. The largest absolute Gasteiger partial charge is 0.360 e. The van der Waals surface area contributed by atoms with Gasteiger partial charge in [-0.1, -0.05) is 32.6 Å². The third-order valence-corrected chi connectivity index (χ3v) is 11.1. The summed E-state index contributed by atoms with van der Waals surface area (Å²) in [5, 5.41) is 9.12. The van der Waals surface area contributed by atoms with Crippen LogP contribution in [-0.4, -0.2) is 76.7 Å². The van der Waals surface area contributed by atoms with Crippen LogP contribution in [0.4, 0.5) is 5.69 Å². The Labute approximate surface area is 258 Å². The van der Waals surface area contributed by atoms with Crippen LogP contribution in [0.15, 0.2) is 36.8 Å². The fourth-order valence-corrected chi connectivity index (χ4v) is 7.21. The molecule has 1 aliphatic rings. The summed E-state index contributed by atoms with van der Waals surface area (Å²) >= 11 is 1.69. The number of nitrogens with one attached hydrogen (secondary N) is 1. The second-order valence-electron chi connectivity index (χ2n) is 13.1. The molecular formula is C31H43N7O3SSi. The number of likely N-dealkylation sites (tertiary alicyclic amines) is 1. The molecule has 0 saturated carbocycles. The zero-order valence-corrected chi connectivity index (χ0v) is 28.1. The molecule has 4 aromatic rings. The predicted molar refractivity (Wildman–Crippen MR) is 175 cm³/mol. The number of anilines is 1. The fourth-order valence-electron chi connectivity index (χ4n) is 5.36. The highest BCUT2D eigenvalue weighted by Gasteiger charge is 2.35. The Hall–Kier alpha value is -3.19. The van der Waals surface area contributed by atoms with Crippen LogP contribution in [0.25, 0.3) is 21.1 Å². The molecule has 2 amide bonds. The Bertz CT molecular complexity index is 1610. The van der Waals surface area contributed by atoms with Crippen molar-refractivity contribution >= 4 is 58.0 Å².